The van der Waals surface area contributed by atoms with Gasteiger partial charge < -0.3 is 18.9 Å². The third kappa shape index (κ3) is 4.70. The third-order valence-corrected chi connectivity index (χ3v) is 5.35. The molecule has 0 bridgehead atoms. The smallest absolute Gasteiger partial charge is 0.305 e. The molecule has 0 aromatic rings. The summed E-state index contributed by atoms with van der Waals surface area (Å²) in [6, 6.07) is 0. The van der Waals surface area contributed by atoms with E-state index in [1.165, 1.54) is 0 Å². The van der Waals surface area contributed by atoms with Crippen LogP contribution in [-0.2, 0) is 28.5 Å². The summed E-state index contributed by atoms with van der Waals surface area (Å²) in [6.45, 7) is 8.67. The van der Waals surface area contributed by atoms with E-state index in [9.17, 15) is 9.59 Å². The highest BCUT2D eigenvalue weighted by Gasteiger charge is 2.53. The van der Waals surface area contributed by atoms with Gasteiger partial charge in [0.25, 0.3) is 0 Å². The Morgan fingerprint density at radius 2 is 1.17 bits per heavy atom. The van der Waals surface area contributed by atoms with Gasteiger partial charge in [0, 0.05) is 12.8 Å². The van der Waals surface area contributed by atoms with Crippen LogP contribution in [0.2, 0.25) is 0 Å². The molecule has 0 radical (unpaired) electrons. The van der Waals surface area contributed by atoms with Crippen molar-refractivity contribution in [2.75, 3.05) is 13.2 Å². The van der Waals surface area contributed by atoms with Gasteiger partial charge in [0.05, 0.1) is 12.2 Å². The minimum atomic E-state index is -0.267. The Morgan fingerprint density at radius 3 is 1.42 bits per heavy atom. The van der Waals surface area contributed by atoms with Gasteiger partial charge in [-0.3, -0.25) is 9.59 Å². The summed E-state index contributed by atoms with van der Waals surface area (Å²) in [4.78, 5) is 23.4. The van der Waals surface area contributed by atoms with Gasteiger partial charge in [0.2, 0.25) is 0 Å². The van der Waals surface area contributed by atoms with Crippen LogP contribution in [0.25, 0.3) is 0 Å². The van der Waals surface area contributed by atoms with Crippen molar-refractivity contribution in [3.05, 3.63) is 0 Å². The summed E-state index contributed by atoms with van der Waals surface area (Å²) < 4.78 is 21.5. The summed E-state index contributed by atoms with van der Waals surface area (Å²) >= 11 is 0. The van der Waals surface area contributed by atoms with E-state index in [1.54, 1.807) is 0 Å². The van der Waals surface area contributed by atoms with Crippen LogP contribution in [0.15, 0.2) is 0 Å². The maximum absolute atomic E-state index is 11.7. The normalized spacial score (nSPS) is 33.8. The van der Waals surface area contributed by atoms with Gasteiger partial charge in [0.1, 0.15) is 24.4 Å². The first-order valence-electron chi connectivity index (χ1n) is 9.04. The minimum absolute atomic E-state index is 0.162. The fourth-order valence-electron chi connectivity index (χ4n) is 2.97. The lowest BCUT2D eigenvalue weighted by atomic mass is 10.0. The van der Waals surface area contributed by atoms with Crippen molar-refractivity contribution < 1.29 is 28.5 Å². The average molecular weight is 342 g/mol. The topological polar surface area (TPSA) is 77.7 Å². The molecule has 6 heteroatoms. The van der Waals surface area contributed by atoms with E-state index in [1.807, 2.05) is 27.7 Å². The predicted octanol–water partition coefficient (Wildman–Crippen LogP) is 2.77. The molecule has 24 heavy (non-hydrogen) atoms. The summed E-state index contributed by atoms with van der Waals surface area (Å²) in [7, 11) is 0. The van der Waals surface area contributed by atoms with Gasteiger partial charge in [0.15, 0.2) is 0 Å². The number of hydrogen-bond acceptors (Lipinski definition) is 6. The lowest BCUT2D eigenvalue weighted by molar-refractivity contribution is -0.147. The number of rotatable bonds is 11. The Morgan fingerprint density at radius 1 is 0.833 bits per heavy atom. The van der Waals surface area contributed by atoms with Crippen molar-refractivity contribution in [1.29, 1.82) is 0 Å². The Balaban J connectivity index is 1.50. The van der Waals surface area contributed by atoms with Crippen molar-refractivity contribution in [3.63, 3.8) is 0 Å². The molecule has 0 spiro atoms. The second-order valence-corrected chi connectivity index (χ2v) is 6.89. The highest BCUT2D eigenvalue weighted by Crippen LogP contribution is 2.40. The largest absolute Gasteiger partial charge is 0.462 e. The third-order valence-electron chi connectivity index (χ3n) is 5.35. The first-order valence-corrected chi connectivity index (χ1v) is 9.04. The van der Waals surface area contributed by atoms with Gasteiger partial charge in [-0.15, -0.1) is 0 Å². The summed E-state index contributed by atoms with van der Waals surface area (Å²) in [5.74, 6) is -0.465. The fourth-order valence-corrected chi connectivity index (χ4v) is 2.97. The number of esters is 2. The minimum Gasteiger partial charge on any atom is -0.462 e. The van der Waals surface area contributed by atoms with Crippen LogP contribution < -0.4 is 0 Å². The average Bonchev–Trinajstić information content (AvgIpc) is 3.43. The van der Waals surface area contributed by atoms with E-state index in [0.29, 0.717) is 38.9 Å². The van der Waals surface area contributed by atoms with Gasteiger partial charge in [-0.1, -0.05) is 13.8 Å². The molecule has 4 unspecified atom stereocenters. The Hall–Kier alpha value is -1.14. The van der Waals surface area contributed by atoms with Crippen molar-refractivity contribution in [1.82, 2.24) is 0 Å². The molecule has 0 amide bonds. The molecule has 2 rings (SSSR count). The summed E-state index contributed by atoms with van der Waals surface area (Å²) in [5.41, 5.74) is -0.534. The van der Waals surface area contributed by atoms with E-state index in [2.05, 4.69) is 0 Å². The zero-order valence-electron chi connectivity index (χ0n) is 15.3. The molecule has 0 saturated carbocycles. The molecule has 0 aromatic carbocycles. The fraction of sp³-hybridized carbons (Fsp3) is 0.889. The highest BCUT2D eigenvalue weighted by atomic mass is 16.6. The molecule has 2 aliphatic heterocycles. The Labute approximate surface area is 144 Å². The van der Waals surface area contributed by atoms with Crippen molar-refractivity contribution in [2.45, 2.75) is 89.6 Å². The van der Waals surface area contributed by atoms with E-state index in [4.69, 9.17) is 18.9 Å². The molecular formula is C18H30O6. The van der Waals surface area contributed by atoms with Crippen molar-refractivity contribution in [2.24, 2.45) is 0 Å². The van der Waals surface area contributed by atoms with E-state index in [0.717, 1.165) is 12.8 Å². The molecule has 2 aliphatic rings. The molecule has 6 nitrogen and oxygen atoms in total. The zero-order valence-corrected chi connectivity index (χ0v) is 15.3. The maximum Gasteiger partial charge on any atom is 0.305 e. The molecule has 2 saturated heterocycles. The number of unbranched alkanes of at least 4 members (excludes halogenated alkanes) is 1. The SMILES string of the molecule is CCC1(COC(=O)CCCCC(=O)OCC2(CC)OC2C)OC1C. The molecule has 0 N–H and O–H groups in total. The van der Waals surface area contributed by atoms with E-state index >= 15 is 0 Å². The van der Waals surface area contributed by atoms with Gasteiger partial charge in [-0.25, -0.2) is 0 Å². The second kappa shape index (κ2) is 7.83. The predicted molar refractivity (Wildman–Crippen MR) is 87.5 cm³/mol. The first kappa shape index (κ1) is 19.2. The van der Waals surface area contributed by atoms with Crippen LogP contribution in [0.1, 0.15) is 66.2 Å². The van der Waals surface area contributed by atoms with Crippen LogP contribution in [0.4, 0.5) is 0 Å². The molecule has 0 aromatic heterocycles. The standard InChI is InChI=1S/C18H30O6/c1-5-17(13(3)23-17)11-21-15(19)9-7-8-10-16(20)22-12-18(6-2)14(4)24-18/h13-14H,5-12H2,1-4H3. The molecule has 2 heterocycles. The second-order valence-electron chi connectivity index (χ2n) is 6.89. The molecule has 2 fully saturated rings. The monoisotopic (exact) mass is 342 g/mol. The first-order chi connectivity index (χ1) is 11.4. The van der Waals surface area contributed by atoms with Gasteiger partial charge >= 0.3 is 11.9 Å². The number of hydrogen-bond donors (Lipinski definition) is 0. The van der Waals surface area contributed by atoms with Gasteiger partial charge in [-0.05, 0) is 39.5 Å². The summed E-state index contributed by atoms with van der Waals surface area (Å²) in [5, 5.41) is 0. The molecule has 138 valence electrons. The van der Waals surface area contributed by atoms with E-state index < -0.39 is 0 Å². The maximum atomic E-state index is 11.7. The van der Waals surface area contributed by atoms with Crippen LogP contribution in [0, 0.1) is 0 Å². The number of carbonyl (C=O) groups is 2. The quantitative estimate of drug-likeness (QED) is 0.326. The summed E-state index contributed by atoms with van der Waals surface area (Å²) in [6.07, 6.45) is 3.89. The number of epoxide rings is 2. The number of ether oxygens (including phenoxy) is 4. The van der Waals surface area contributed by atoms with Crippen LogP contribution >= 0.6 is 0 Å². The van der Waals surface area contributed by atoms with Crippen molar-refractivity contribution in [3.8, 4) is 0 Å². The molecular weight excluding hydrogens is 312 g/mol. The highest BCUT2D eigenvalue weighted by molar-refractivity contribution is 5.70. The van der Waals surface area contributed by atoms with E-state index in [-0.39, 0.29) is 35.3 Å². The van der Waals surface area contributed by atoms with Crippen LogP contribution in [0.3, 0.4) is 0 Å². The Kier molecular flexibility index (Phi) is 6.26. The lowest BCUT2D eigenvalue weighted by Gasteiger charge is -2.11. The van der Waals surface area contributed by atoms with Crippen molar-refractivity contribution >= 4 is 11.9 Å². The van der Waals surface area contributed by atoms with Gasteiger partial charge in [-0.2, -0.15) is 0 Å². The number of carbonyl (C=O) groups excluding carboxylic acids is 2. The Bertz CT molecular complexity index is 414. The van der Waals surface area contributed by atoms with Crippen LogP contribution in [0.5, 0.6) is 0 Å². The molecule has 4 atom stereocenters. The van der Waals surface area contributed by atoms with Crippen LogP contribution in [-0.4, -0.2) is 48.6 Å². The zero-order chi connectivity index (χ0) is 17.8. The molecule has 0 aliphatic carbocycles. The lowest BCUT2D eigenvalue weighted by Crippen LogP contribution is -2.23.